The minimum absolute atomic E-state index is 0.0000954. The smallest absolute Gasteiger partial charge is 0.225 e. The number of nitrogens with one attached hydrogen (secondary N) is 1. The van der Waals surface area contributed by atoms with E-state index in [0.717, 1.165) is 30.0 Å². The van der Waals surface area contributed by atoms with Crippen molar-refractivity contribution in [2.24, 2.45) is 4.99 Å². The van der Waals surface area contributed by atoms with Crippen LogP contribution in [-0.2, 0) is 4.74 Å². The van der Waals surface area contributed by atoms with E-state index in [-0.39, 0.29) is 11.6 Å². The number of unbranched alkanes of at least 4 members (excludes halogenated alkanes) is 1. The molecule has 1 N–H and O–H groups in total. The number of allylic oxidation sites excluding steroid dienone is 2. The van der Waals surface area contributed by atoms with Gasteiger partial charge in [-0.1, -0.05) is 49.7 Å². The summed E-state index contributed by atoms with van der Waals surface area (Å²) in [5.41, 5.74) is 2.67. The highest BCUT2D eigenvalue weighted by Gasteiger charge is 2.11. The Morgan fingerprint density at radius 1 is 1.24 bits per heavy atom. The summed E-state index contributed by atoms with van der Waals surface area (Å²) in [5.74, 6) is 0.00965. The van der Waals surface area contributed by atoms with E-state index in [1.54, 1.807) is 19.1 Å². The van der Waals surface area contributed by atoms with Crippen LogP contribution in [0.4, 0.5) is 16.0 Å². The predicted molar refractivity (Wildman–Crippen MR) is 142 cm³/mol. The zero-order chi connectivity index (χ0) is 25.5. The van der Waals surface area contributed by atoms with Crippen LogP contribution >= 0.6 is 11.6 Å². The molecule has 1 aromatic heterocycles. The average molecular weight is 488 g/mol. The molecule has 1 aromatic carbocycles. The van der Waals surface area contributed by atoms with Gasteiger partial charge >= 0.3 is 0 Å². The average Bonchev–Trinajstić information content (AvgIpc) is 2.82. The normalized spacial score (nSPS) is 11.6. The number of anilines is 2. The molecule has 2 aromatic rings. The number of benzene rings is 1. The minimum atomic E-state index is -0.669. The zero-order valence-electron chi connectivity index (χ0n) is 20.9. The third-order valence-corrected chi connectivity index (χ3v) is 4.76. The van der Waals surface area contributed by atoms with Crippen molar-refractivity contribution in [3.63, 3.8) is 0 Å². The molecule has 0 fully saturated rings. The van der Waals surface area contributed by atoms with E-state index in [4.69, 9.17) is 16.3 Å². The predicted octanol–water partition coefficient (Wildman–Crippen LogP) is 7.03. The van der Waals surface area contributed by atoms with Crippen LogP contribution < -0.4 is 10.2 Å². The molecular weight excluding hydrogens is 453 g/mol. The van der Waals surface area contributed by atoms with Gasteiger partial charge in [-0.15, -0.1) is 0 Å². The molecule has 8 heteroatoms. The molecule has 0 aliphatic carbocycles. The first-order chi connectivity index (χ1) is 16.2. The van der Waals surface area contributed by atoms with E-state index >= 15 is 0 Å². The molecule has 0 atom stereocenters. The van der Waals surface area contributed by atoms with Crippen molar-refractivity contribution in [1.82, 2.24) is 9.97 Å². The molecule has 0 unspecified atom stereocenters. The van der Waals surface area contributed by atoms with Gasteiger partial charge in [-0.3, -0.25) is 0 Å². The maximum atomic E-state index is 14.0. The summed E-state index contributed by atoms with van der Waals surface area (Å²) in [5, 5.41) is 3.31. The fourth-order valence-corrected chi connectivity index (χ4v) is 2.81. The monoisotopic (exact) mass is 487 g/mol. The van der Waals surface area contributed by atoms with Crippen molar-refractivity contribution < 1.29 is 9.13 Å². The van der Waals surface area contributed by atoms with E-state index < -0.39 is 5.83 Å². The van der Waals surface area contributed by atoms with E-state index in [2.05, 4.69) is 45.9 Å². The molecule has 0 saturated carbocycles. The van der Waals surface area contributed by atoms with E-state index in [1.807, 2.05) is 44.3 Å². The summed E-state index contributed by atoms with van der Waals surface area (Å²) in [6, 6.07) is 5.40. The van der Waals surface area contributed by atoms with E-state index in [1.165, 1.54) is 19.7 Å². The van der Waals surface area contributed by atoms with Crippen LogP contribution in [0.5, 0.6) is 0 Å². The van der Waals surface area contributed by atoms with Crippen molar-refractivity contribution in [2.75, 3.05) is 30.9 Å². The van der Waals surface area contributed by atoms with E-state index in [9.17, 15) is 4.39 Å². The number of nitrogens with zero attached hydrogens (tertiary/aromatic N) is 4. The number of hydrogen-bond acceptors (Lipinski definition) is 6. The molecule has 0 radical (unpaired) electrons. The van der Waals surface area contributed by atoms with Gasteiger partial charge in [0.1, 0.15) is 0 Å². The number of halogens is 2. The molecule has 0 aliphatic heterocycles. The minimum Gasteiger partial charge on any atom is -0.494 e. The first-order valence-corrected chi connectivity index (χ1v) is 11.4. The standard InChI is InChI=1S/C14H16ClFN2O.C12H19N3/c1-5-17-14(13(16)10(3)19-4)18-12-7-6-9(2)8-11(12)15;1-4-5-6-7-8-15(3)12-13-9-11(2)10-14-12/h5-8,18H,3H2,1-2,4H3;6-7,9-10H,4-5,8H2,1-3H3/b14-13-,17-5-;7-6-. The summed E-state index contributed by atoms with van der Waals surface area (Å²) >= 11 is 6.08. The zero-order valence-corrected chi connectivity index (χ0v) is 21.7. The maximum absolute atomic E-state index is 14.0. The second-order valence-electron chi connectivity index (χ2n) is 7.49. The Morgan fingerprint density at radius 2 is 1.91 bits per heavy atom. The molecule has 0 bridgehead atoms. The topological polar surface area (TPSA) is 62.6 Å². The van der Waals surface area contributed by atoms with Crippen molar-refractivity contribution in [3.8, 4) is 0 Å². The highest BCUT2D eigenvalue weighted by atomic mass is 35.5. The summed E-state index contributed by atoms with van der Waals surface area (Å²) in [7, 11) is 3.34. The van der Waals surface area contributed by atoms with Crippen molar-refractivity contribution in [1.29, 1.82) is 0 Å². The lowest BCUT2D eigenvalue weighted by Gasteiger charge is -2.14. The number of rotatable bonds is 10. The van der Waals surface area contributed by atoms with Crippen LogP contribution in [0.25, 0.3) is 0 Å². The van der Waals surface area contributed by atoms with Crippen LogP contribution in [0, 0.1) is 13.8 Å². The van der Waals surface area contributed by atoms with Gasteiger partial charge in [0.05, 0.1) is 17.8 Å². The molecule has 0 spiro atoms. The Hall–Kier alpha value is -3.19. The molecule has 1 heterocycles. The second kappa shape index (κ2) is 15.6. The number of aromatic nitrogens is 2. The molecule has 0 aliphatic rings. The van der Waals surface area contributed by atoms with Gasteiger partial charge in [0.2, 0.25) is 11.8 Å². The third-order valence-electron chi connectivity index (χ3n) is 4.44. The number of ether oxygens (including phenoxy) is 1. The molecule has 0 saturated heterocycles. The van der Waals surface area contributed by atoms with Gasteiger partial charge in [0.15, 0.2) is 11.6 Å². The maximum Gasteiger partial charge on any atom is 0.225 e. The molecule has 6 nitrogen and oxygen atoms in total. The fourth-order valence-electron chi connectivity index (χ4n) is 2.53. The van der Waals surface area contributed by atoms with Gasteiger partial charge in [-0.05, 0) is 50.5 Å². The van der Waals surface area contributed by atoms with E-state index in [0.29, 0.717) is 10.7 Å². The molecule has 34 heavy (non-hydrogen) atoms. The quantitative estimate of drug-likeness (QED) is 0.169. The molecular formula is C26H35ClFN5O. The number of aliphatic imine (C=N–C) groups is 1. The molecule has 2 rings (SSSR count). The van der Waals surface area contributed by atoms with Crippen molar-refractivity contribution in [2.45, 2.75) is 40.5 Å². The first kappa shape index (κ1) is 28.8. The molecule has 0 amide bonds. The van der Waals surface area contributed by atoms with Crippen LogP contribution in [0.15, 0.2) is 71.7 Å². The van der Waals surface area contributed by atoms with Crippen LogP contribution in [0.2, 0.25) is 5.02 Å². The van der Waals surface area contributed by atoms with Crippen LogP contribution in [0.1, 0.15) is 37.8 Å². The lowest BCUT2D eigenvalue weighted by Crippen LogP contribution is -2.19. The fraction of sp³-hybridized carbons (Fsp3) is 0.346. The van der Waals surface area contributed by atoms with Gasteiger partial charge < -0.3 is 15.0 Å². The number of hydrogen-bond donors (Lipinski definition) is 1. The number of aryl methyl sites for hydroxylation is 2. The summed E-state index contributed by atoms with van der Waals surface area (Å²) in [6.07, 6.45) is 11.8. The number of likely N-dealkylation sites (N-methyl/N-ethyl adjacent to an activating group) is 1. The summed E-state index contributed by atoms with van der Waals surface area (Å²) in [4.78, 5) is 14.5. The highest BCUT2D eigenvalue weighted by molar-refractivity contribution is 6.33. The summed E-state index contributed by atoms with van der Waals surface area (Å²) in [6.45, 7) is 12.1. The van der Waals surface area contributed by atoms with Gasteiger partial charge in [0.25, 0.3) is 0 Å². The lowest BCUT2D eigenvalue weighted by molar-refractivity contribution is 0.284. The number of methoxy groups -OCH3 is 1. The SMILES string of the molecule is C=C(OC)/C(F)=C(\N=C/C)Nc1ccc(C)cc1Cl.CCC/C=C\CN(C)c1ncc(C)cn1. The largest absolute Gasteiger partial charge is 0.494 e. The third kappa shape index (κ3) is 10.2. The highest BCUT2D eigenvalue weighted by Crippen LogP contribution is 2.26. The summed E-state index contributed by atoms with van der Waals surface area (Å²) < 4.78 is 18.7. The Balaban J connectivity index is 0.000000350. The first-order valence-electron chi connectivity index (χ1n) is 11.0. The van der Waals surface area contributed by atoms with Crippen LogP contribution in [-0.4, -0.2) is 36.9 Å². The Bertz CT molecular complexity index is 1000. The Labute approximate surface area is 207 Å². The van der Waals surface area contributed by atoms with Gasteiger partial charge in [0, 0.05) is 32.2 Å². The van der Waals surface area contributed by atoms with Gasteiger partial charge in [-0.25, -0.2) is 15.0 Å². The lowest BCUT2D eigenvalue weighted by atomic mass is 10.2. The molecule has 184 valence electrons. The van der Waals surface area contributed by atoms with Gasteiger partial charge in [-0.2, -0.15) is 4.39 Å². The van der Waals surface area contributed by atoms with Crippen molar-refractivity contribution in [3.05, 3.63) is 82.9 Å². The van der Waals surface area contributed by atoms with Crippen molar-refractivity contribution >= 4 is 29.5 Å². The Morgan fingerprint density at radius 3 is 2.47 bits per heavy atom. The van der Waals surface area contributed by atoms with Crippen LogP contribution in [0.3, 0.4) is 0 Å². The second-order valence-corrected chi connectivity index (χ2v) is 7.89. The Kier molecular flexibility index (Phi) is 13.2.